The van der Waals surface area contributed by atoms with Gasteiger partial charge in [0.15, 0.2) is 0 Å². The Labute approximate surface area is 98.7 Å². The summed E-state index contributed by atoms with van der Waals surface area (Å²) in [7, 11) is 0. The number of carbonyl (C=O) groups excluding carboxylic acids is 1. The van der Waals surface area contributed by atoms with Crippen LogP contribution in [0.2, 0.25) is 0 Å². The highest BCUT2D eigenvalue weighted by molar-refractivity contribution is 5.78. The first-order valence-corrected chi connectivity index (χ1v) is 6.62. The van der Waals surface area contributed by atoms with Gasteiger partial charge in [-0.05, 0) is 38.1 Å². The van der Waals surface area contributed by atoms with Crippen molar-refractivity contribution in [2.75, 3.05) is 19.8 Å². The first-order chi connectivity index (χ1) is 7.83. The third-order valence-corrected chi connectivity index (χ3v) is 3.27. The molecule has 16 heavy (non-hydrogen) atoms. The summed E-state index contributed by atoms with van der Waals surface area (Å²) in [5.41, 5.74) is 5.42. The molecule has 1 heterocycles. The fraction of sp³-hybridized carbons (Fsp3) is 0.923. The van der Waals surface area contributed by atoms with Crippen LogP contribution in [0.4, 0.5) is 0 Å². The van der Waals surface area contributed by atoms with Crippen LogP contribution in [0.25, 0.3) is 0 Å². The van der Waals surface area contributed by atoms with E-state index in [1.165, 1.54) is 6.42 Å². The molecular formula is C13H25NO2. The summed E-state index contributed by atoms with van der Waals surface area (Å²) < 4.78 is 5.28. The van der Waals surface area contributed by atoms with E-state index in [4.69, 9.17) is 10.5 Å². The van der Waals surface area contributed by atoms with Crippen molar-refractivity contribution in [1.82, 2.24) is 0 Å². The Morgan fingerprint density at radius 1 is 1.12 bits per heavy atom. The zero-order valence-electron chi connectivity index (χ0n) is 10.2. The number of unbranched alkanes of at least 4 members (excludes halogenated alkanes) is 3. The lowest BCUT2D eigenvalue weighted by atomic mass is 9.92. The Bertz CT molecular complexity index is 188. The highest BCUT2D eigenvalue weighted by Gasteiger charge is 2.16. The van der Waals surface area contributed by atoms with E-state index < -0.39 is 0 Å². The van der Waals surface area contributed by atoms with Crippen LogP contribution in [-0.2, 0) is 9.53 Å². The van der Waals surface area contributed by atoms with E-state index >= 15 is 0 Å². The molecule has 0 saturated carbocycles. The zero-order chi connectivity index (χ0) is 11.6. The quantitative estimate of drug-likeness (QED) is 0.647. The number of hydrogen-bond acceptors (Lipinski definition) is 3. The van der Waals surface area contributed by atoms with Crippen LogP contribution in [0, 0.1) is 5.92 Å². The molecule has 3 heteroatoms. The zero-order valence-corrected chi connectivity index (χ0v) is 10.2. The van der Waals surface area contributed by atoms with E-state index in [1.807, 2.05) is 0 Å². The molecule has 3 nitrogen and oxygen atoms in total. The largest absolute Gasteiger partial charge is 0.381 e. The smallest absolute Gasteiger partial charge is 0.133 e. The van der Waals surface area contributed by atoms with Gasteiger partial charge in [0.2, 0.25) is 0 Å². The maximum atomic E-state index is 11.7. The second kappa shape index (κ2) is 8.71. The summed E-state index contributed by atoms with van der Waals surface area (Å²) in [6.07, 6.45) is 8.13. The maximum Gasteiger partial charge on any atom is 0.133 e. The molecule has 1 aliphatic rings. The average molecular weight is 227 g/mol. The van der Waals surface area contributed by atoms with Crippen LogP contribution in [-0.4, -0.2) is 25.5 Å². The molecular weight excluding hydrogens is 202 g/mol. The van der Waals surface area contributed by atoms with E-state index in [-0.39, 0.29) is 0 Å². The highest BCUT2D eigenvalue weighted by Crippen LogP contribution is 2.19. The molecule has 1 rings (SSSR count). The molecule has 0 amide bonds. The molecule has 1 saturated heterocycles. The van der Waals surface area contributed by atoms with Crippen molar-refractivity contribution in [3.05, 3.63) is 0 Å². The molecule has 0 bridgehead atoms. The monoisotopic (exact) mass is 227 g/mol. The third-order valence-electron chi connectivity index (χ3n) is 3.27. The molecule has 1 fully saturated rings. The molecule has 0 unspecified atom stereocenters. The molecule has 0 atom stereocenters. The number of carbonyl (C=O) groups is 1. The van der Waals surface area contributed by atoms with Crippen molar-refractivity contribution in [3.63, 3.8) is 0 Å². The second-order valence-electron chi connectivity index (χ2n) is 4.75. The van der Waals surface area contributed by atoms with Crippen LogP contribution in [0.15, 0.2) is 0 Å². The second-order valence-corrected chi connectivity index (χ2v) is 4.75. The van der Waals surface area contributed by atoms with Crippen molar-refractivity contribution in [1.29, 1.82) is 0 Å². The molecule has 2 N–H and O–H groups in total. The average Bonchev–Trinajstić information content (AvgIpc) is 2.30. The first-order valence-electron chi connectivity index (χ1n) is 6.62. The van der Waals surface area contributed by atoms with Gasteiger partial charge in [-0.1, -0.05) is 12.8 Å². The summed E-state index contributed by atoms with van der Waals surface area (Å²) >= 11 is 0. The standard InChI is InChI=1S/C13H25NO2/c14-8-4-2-1-3-5-13(15)11-12-6-9-16-10-7-12/h12H,1-11,14H2. The minimum Gasteiger partial charge on any atom is -0.381 e. The van der Waals surface area contributed by atoms with Gasteiger partial charge in [0, 0.05) is 26.1 Å². The lowest BCUT2D eigenvalue weighted by Gasteiger charge is -2.21. The van der Waals surface area contributed by atoms with Gasteiger partial charge in [0.25, 0.3) is 0 Å². The van der Waals surface area contributed by atoms with Gasteiger partial charge in [-0.3, -0.25) is 4.79 Å². The number of rotatable bonds is 8. The van der Waals surface area contributed by atoms with Gasteiger partial charge in [0.05, 0.1) is 0 Å². The van der Waals surface area contributed by atoms with Gasteiger partial charge in [0.1, 0.15) is 5.78 Å². The van der Waals surface area contributed by atoms with Gasteiger partial charge in [-0.15, -0.1) is 0 Å². The molecule has 0 aromatic carbocycles. The van der Waals surface area contributed by atoms with Crippen molar-refractivity contribution < 1.29 is 9.53 Å². The van der Waals surface area contributed by atoms with Gasteiger partial charge in [-0.25, -0.2) is 0 Å². The number of hydrogen-bond donors (Lipinski definition) is 1. The Morgan fingerprint density at radius 3 is 2.50 bits per heavy atom. The Hall–Kier alpha value is -0.410. The van der Waals surface area contributed by atoms with Gasteiger partial charge >= 0.3 is 0 Å². The minimum absolute atomic E-state index is 0.444. The van der Waals surface area contributed by atoms with Crippen molar-refractivity contribution in [3.8, 4) is 0 Å². The summed E-state index contributed by atoms with van der Waals surface area (Å²) in [4.78, 5) is 11.7. The van der Waals surface area contributed by atoms with Crippen molar-refractivity contribution >= 4 is 5.78 Å². The number of ketones is 1. The number of Topliss-reactive ketones (excluding diaryl/α,β-unsaturated/α-hetero) is 1. The van der Waals surface area contributed by atoms with E-state index in [1.54, 1.807) is 0 Å². The number of nitrogens with two attached hydrogens (primary N) is 1. The normalized spacial score (nSPS) is 17.6. The van der Waals surface area contributed by atoms with Crippen LogP contribution >= 0.6 is 0 Å². The third kappa shape index (κ3) is 6.23. The molecule has 0 aromatic heterocycles. The van der Waals surface area contributed by atoms with Crippen molar-refractivity contribution in [2.45, 2.75) is 51.4 Å². The van der Waals surface area contributed by atoms with Gasteiger partial charge < -0.3 is 10.5 Å². The predicted octanol–water partition coefficient (Wildman–Crippen LogP) is 2.28. The van der Waals surface area contributed by atoms with Gasteiger partial charge in [-0.2, -0.15) is 0 Å². The number of ether oxygens (including phenoxy) is 1. The summed E-state index contributed by atoms with van der Waals surface area (Å²) in [5.74, 6) is 1.03. The predicted molar refractivity (Wildman–Crippen MR) is 65.3 cm³/mol. The highest BCUT2D eigenvalue weighted by atomic mass is 16.5. The molecule has 1 aliphatic heterocycles. The lowest BCUT2D eigenvalue weighted by molar-refractivity contribution is -0.120. The summed E-state index contributed by atoms with van der Waals surface area (Å²) in [6, 6.07) is 0. The van der Waals surface area contributed by atoms with Crippen LogP contribution in [0.1, 0.15) is 51.4 Å². The van der Waals surface area contributed by atoms with Crippen LogP contribution < -0.4 is 5.73 Å². The summed E-state index contributed by atoms with van der Waals surface area (Å²) in [6.45, 7) is 2.46. The Morgan fingerprint density at radius 2 is 1.81 bits per heavy atom. The summed E-state index contributed by atoms with van der Waals surface area (Å²) in [5, 5.41) is 0. The Balaban J connectivity index is 1.97. The fourth-order valence-corrected chi connectivity index (χ4v) is 2.19. The van der Waals surface area contributed by atoms with E-state index in [0.29, 0.717) is 11.7 Å². The van der Waals surface area contributed by atoms with E-state index in [9.17, 15) is 4.79 Å². The first kappa shape index (κ1) is 13.7. The maximum absolute atomic E-state index is 11.7. The molecule has 0 aromatic rings. The van der Waals surface area contributed by atoms with Crippen LogP contribution in [0.3, 0.4) is 0 Å². The molecule has 0 aliphatic carbocycles. The van der Waals surface area contributed by atoms with E-state index in [0.717, 1.165) is 64.7 Å². The van der Waals surface area contributed by atoms with Crippen molar-refractivity contribution in [2.24, 2.45) is 11.7 Å². The molecule has 94 valence electrons. The van der Waals surface area contributed by atoms with Crippen LogP contribution in [0.5, 0.6) is 0 Å². The SMILES string of the molecule is NCCCCCCC(=O)CC1CCOCC1. The molecule has 0 spiro atoms. The van der Waals surface area contributed by atoms with E-state index in [2.05, 4.69) is 0 Å². The topological polar surface area (TPSA) is 52.3 Å². The molecule has 0 radical (unpaired) electrons. The fourth-order valence-electron chi connectivity index (χ4n) is 2.19. The minimum atomic E-state index is 0.444. The Kier molecular flexibility index (Phi) is 7.43. The lowest BCUT2D eigenvalue weighted by Crippen LogP contribution is -2.18.